The quantitative estimate of drug-likeness (QED) is 0.789. The van der Waals surface area contributed by atoms with E-state index in [1.54, 1.807) is 0 Å². The fourth-order valence-electron chi connectivity index (χ4n) is 3.55. The molecule has 18 heavy (non-hydrogen) atoms. The van der Waals surface area contributed by atoms with Crippen LogP contribution in [0.25, 0.3) is 0 Å². The van der Waals surface area contributed by atoms with E-state index in [1.165, 1.54) is 38.5 Å². The Labute approximate surface area is 111 Å². The van der Waals surface area contributed by atoms with Crippen molar-refractivity contribution in [3.8, 4) is 0 Å². The Morgan fingerprint density at radius 3 is 2.28 bits per heavy atom. The van der Waals surface area contributed by atoms with Crippen LogP contribution in [0.1, 0.15) is 57.8 Å². The standard InChI is InChI=1S/C15H28N2O/c16-10-9-12-5-7-14(8-6-12)15(18)17-11-13-3-1-2-4-13/h12-14H,1-11,16H2,(H,17,18). The maximum Gasteiger partial charge on any atom is 0.223 e. The first-order chi connectivity index (χ1) is 8.79. The molecule has 0 heterocycles. The Morgan fingerprint density at radius 1 is 1.00 bits per heavy atom. The lowest BCUT2D eigenvalue weighted by Crippen LogP contribution is -2.35. The summed E-state index contributed by atoms with van der Waals surface area (Å²) in [5.41, 5.74) is 5.59. The molecule has 0 atom stereocenters. The van der Waals surface area contributed by atoms with Gasteiger partial charge in [0.15, 0.2) is 0 Å². The summed E-state index contributed by atoms with van der Waals surface area (Å²) in [7, 11) is 0. The molecular weight excluding hydrogens is 224 g/mol. The average Bonchev–Trinajstić information content (AvgIpc) is 2.90. The van der Waals surface area contributed by atoms with Crippen LogP contribution in [0.15, 0.2) is 0 Å². The molecule has 0 unspecified atom stereocenters. The summed E-state index contributed by atoms with van der Waals surface area (Å²) in [6.45, 7) is 1.71. The minimum atomic E-state index is 0.278. The zero-order valence-corrected chi connectivity index (χ0v) is 11.5. The van der Waals surface area contributed by atoms with E-state index in [9.17, 15) is 4.79 Å². The first-order valence-corrected chi connectivity index (χ1v) is 7.77. The van der Waals surface area contributed by atoms with Crippen molar-refractivity contribution in [3.05, 3.63) is 0 Å². The van der Waals surface area contributed by atoms with Crippen LogP contribution in [0.4, 0.5) is 0 Å². The number of carbonyl (C=O) groups is 1. The van der Waals surface area contributed by atoms with Gasteiger partial charge in [-0.2, -0.15) is 0 Å². The lowest BCUT2D eigenvalue weighted by atomic mass is 9.80. The SMILES string of the molecule is NCCC1CCC(C(=O)NCC2CCCC2)CC1. The van der Waals surface area contributed by atoms with Crippen molar-refractivity contribution in [1.29, 1.82) is 0 Å². The Balaban J connectivity index is 1.64. The maximum atomic E-state index is 12.1. The van der Waals surface area contributed by atoms with Crippen LogP contribution in [0, 0.1) is 17.8 Å². The van der Waals surface area contributed by atoms with E-state index in [-0.39, 0.29) is 5.92 Å². The van der Waals surface area contributed by atoms with E-state index in [0.29, 0.717) is 5.91 Å². The molecule has 0 spiro atoms. The highest BCUT2D eigenvalue weighted by molar-refractivity contribution is 5.78. The molecule has 3 heteroatoms. The lowest BCUT2D eigenvalue weighted by molar-refractivity contribution is -0.126. The molecule has 2 fully saturated rings. The van der Waals surface area contributed by atoms with Crippen molar-refractivity contribution in [2.75, 3.05) is 13.1 Å². The third-order valence-corrected chi connectivity index (χ3v) is 4.83. The van der Waals surface area contributed by atoms with E-state index < -0.39 is 0 Å². The van der Waals surface area contributed by atoms with Crippen molar-refractivity contribution in [3.63, 3.8) is 0 Å². The van der Waals surface area contributed by atoms with Gasteiger partial charge in [0.05, 0.1) is 0 Å². The second-order valence-electron chi connectivity index (χ2n) is 6.19. The number of nitrogens with one attached hydrogen (secondary N) is 1. The Hall–Kier alpha value is -0.570. The van der Waals surface area contributed by atoms with Gasteiger partial charge in [0.2, 0.25) is 5.91 Å². The van der Waals surface area contributed by atoms with Crippen LogP contribution < -0.4 is 11.1 Å². The Bertz CT molecular complexity index is 253. The van der Waals surface area contributed by atoms with Gasteiger partial charge in [-0.3, -0.25) is 4.79 Å². The molecule has 0 aromatic rings. The first-order valence-electron chi connectivity index (χ1n) is 7.77. The first kappa shape index (κ1) is 13.9. The van der Waals surface area contributed by atoms with Crippen molar-refractivity contribution < 1.29 is 4.79 Å². The molecule has 2 aliphatic carbocycles. The van der Waals surface area contributed by atoms with Crippen molar-refractivity contribution in [2.45, 2.75) is 57.8 Å². The summed E-state index contributed by atoms with van der Waals surface area (Å²) in [6.07, 6.45) is 11.0. The molecule has 2 saturated carbocycles. The number of hydrogen-bond donors (Lipinski definition) is 2. The molecular formula is C15H28N2O. The number of rotatable bonds is 5. The largest absolute Gasteiger partial charge is 0.356 e. The van der Waals surface area contributed by atoms with Crippen LogP contribution in [0.3, 0.4) is 0 Å². The van der Waals surface area contributed by atoms with Gasteiger partial charge in [-0.05, 0) is 63.3 Å². The highest BCUT2D eigenvalue weighted by Gasteiger charge is 2.26. The summed E-state index contributed by atoms with van der Waals surface area (Å²) in [5, 5.41) is 3.18. The number of hydrogen-bond acceptors (Lipinski definition) is 2. The molecule has 0 aromatic carbocycles. The highest BCUT2D eigenvalue weighted by Crippen LogP contribution is 2.31. The van der Waals surface area contributed by atoms with Gasteiger partial charge in [0.25, 0.3) is 0 Å². The van der Waals surface area contributed by atoms with Crippen LogP contribution >= 0.6 is 0 Å². The van der Waals surface area contributed by atoms with Crippen LogP contribution in [0.5, 0.6) is 0 Å². The van der Waals surface area contributed by atoms with Crippen LogP contribution in [0.2, 0.25) is 0 Å². The van der Waals surface area contributed by atoms with Crippen LogP contribution in [-0.2, 0) is 4.79 Å². The zero-order valence-electron chi connectivity index (χ0n) is 11.5. The van der Waals surface area contributed by atoms with Gasteiger partial charge in [0, 0.05) is 12.5 Å². The third kappa shape index (κ3) is 3.98. The zero-order chi connectivity index (χ0) is 12.8. The number of nitrogens with two attached hydrogens (primary N) is 1. The van der Waals surface area contributed by atoms with Gasteiger partial charge in [-0.25, -0.2) is 0 Å². The summed E-state index contributed by atoms with van der Waals surface area (Å²) in [6, 6.07) is 0. The topological polar surface area (TPSA) is 55.1 Å². The summed E-state index contributed by atoms with van der Waals surface area (Å²) in [4.78, 5) is 12.1. The van der Waals surface area contributed by atoms with Gasteiger partial charge >= 0.3 is 0 Å². The van der Waals surface area contributed by atoms with E-state index in [0.717, 1.165) is 44.2 Å². The van der Waals surface area contributed by atoms with Crippen molar-refractivity contribution in [2.24, 2.45) is 23.5 Å². The molecule has 3 nitrogen and oxygen atoms in total. The van der Waals surface area contributed by atoms with Crippen molar-refractivity contribution in [1.82, 2.24) is 5.32 Å². The fraction of sp³-hybridized carbons (Fsp3) is 0.933. The third-order valence-electron chi connectivity index (χ3n) is 4.83. The van der Waals surface area contributed by atoms with Gasteiger partial charge < -0.3 is 11.1 Å². The molecule has 0 aliphatic heterocycles. The summed E-state index contributed by atoms with van der Waals surface area (Å²) >= 11 is 0. The Morgan fingerprint density at radius 2 is 1.67 bits per heavy atom. The second-order valence-corrected chi connectivity index (χ2v) is 6.19. The van der Waals surface area contributed by atoms with E-state index in [4.69, 9.17) is 5.73 Å². The molecule has 104 valence electrons. The summed E-state index contributed by atoms with van der Waals surface area (Å²) < 4.78 is 0. The predicted molar refractivity (Wildman–Crippen MR) is 74.1 cm³/mol. The summed E-state index contributed by atoms with van der Waals surface area (Å²) in [5.74, 6) is 2.12. The molecule has 1 amide bonds. The molecule has 0 aromatic heterocycles. The van der Waals surface area contributed by atoms with Gasteiger partial charge in [-0.15, -0.1) is 0 Å². The van der Waals surface area contributed by atoms with E-state index in [2.05, 4.69) is 5.32 Å². The van der Waals surface area contributed by atoms with Crippen molar-refractivity contribution >= 4 is 5.91 Å². The molecule has 2 rings (SSSR count). The minimum Gasteiger partial charge on any atom is -0.356 e. The number of amides is 1. The molecule has 2 aliphatic rings. The maximum absolute atomic E-state index is 12.1. The molecule has 3 N–H and O–H groups in total. The van der Waals surface area contributed by atoms with Crippen LogP contribution in [-0.4, -0.2) is 19.0 Å². The second kappa shape index (κ2) is 7.13. The van der Waals surface area contributed by atoms with E-state index >= 15 is 0 Å². The normalized spacial score (nSPS) is 29.4. The van der Waals surface area contributed by atoms with E-state index in [1.807, 2.05) is 0 Å². The average molecular weight is 252 g/mol. The minimum absolute atomic E-state index is 0.278. The number of carbonyl (C=O) groups excluding carboxylic acids is 1. The molecule has 0 saturated heterocycles. The molecule has 0 radical (unpaired) electrons. The lowest BCUT2D eigenvalue weighted by Gasteiger charge is -2.27. The van der Waals surface area contributed by atoms with Gasteiger partial charge in [0.1, 0.15) is 0 Å². The predicted octanol–water partition coefficient (Wildman–Crippen LogP) is 2.45. The smallest absolute Gasteiger partial charge is 0.223 e. The highest BCUT2D eigenvalue weighted by atomic mass is 16.1. The monoisotopic (exact) mass is 252 g/mol. The Kier molecular flexibility index (Phi) is 5.48. The van der Waals surface area contributed by atoms with Gasteiger partial charge in [-0.1, -0.05) is 12.8 Å². The fourth-order valence-corrected chi connectivity index (χ4v) is 3.55. The molecule has 0 bridgehead atoms.